The number of carbonyl (C=O) groups is 2. The van der Waals surface area contributed by atoms with Crippen LogP contribution in [0.25, 0.3) is 0 Å². The normalized spacial score (nSPS) is 17.6. The standard InChI is InChI=1S/C21H33N3O3/c1-21(2,3)27-20(26)23(6)13-16-7-9-17(10-8-16)14-24-12-11-18(15-24)19(25)22(4)5/h7-10,18H,11-15H2,1-6H3/t18-/m1/s1. The zero-order valence-corrected chi connectivity index (χ0v) is 17.5. The van der Waals surface area contributed by atoms with Gasteiger partial charge in [0.05, 0.1) is 5.92 Å². The molecule has 0 bridgehead atoms. The van der Waals surface area contributed by atoms with E-state index in [0.29, 0.717) is 6.54 Å². The lowest BCUT2D eigenvalue weighted by molar-refractivity contribution is -0.132. The predicted molar refractivity (Wildman–Crippen MR) is 106 cm³/mol. The van der Waals surface area contributed by atoms with Crippen LogP contribution in [-0.4, -0.2) is 66.5 Å². The quantitative estimate of drug-likeness (QED) is 0.794. The Labute approximate surface area is 163 Å². The van der Waals surface area contributed by atoms with Crippen molar-refractivity contribution in [2.24, 2.45) is 5.92 Å². The largest absolute Gasteiger partial charge is 0.444 e. The maximum absolute atomic E-state index is 12.1. The molecule has 1 fully saturated rings. The van der Waals surface area contributed by atoms with Crippen molar-refractivity contribution in [2.45, 2.75) is 45.9 Å². The molecule has 1 aliphatic heterocycles. The minimum absolute atomic E-state index is 0.113. The number of nitrogens with zero attached hydrogens (tertiary/aromatic N) is 3. The number of amides is 2. The van der Waals surface area contributed by atoms with E-state index in [1.807, 2.05) is 34.9 Å². The second kappa shape index (κ2) is 8.74. The highest BCUT2D eigenvalue weighted by molar-refractivity contribution is 5.78. The Morgan fingerprint density at radius 2 is 1.70 bits per heavy atom. The maximum atomic E-state index is 12.1. The number of benzene rings is 1. The zero-order chi connectivity index (χ0) is 20.2. The summed E-state index contributed by atoms with van der Waals surface area (Å²) in [7, 11) is 5.38. The van der Waals surface area contributed by atoms with Crippen molar-refractivity contribution < 1.29 is 14.3 Å². The first kappa shape index (κ1) is 21.2. The Kier molecular flexibility index (Phi) is 6.87. The van der Waals surface area contributed by atoms with Crippen LogP contribution in [0.4, 0.5) is 4.79 Å². The van der Waals surface area contributed by atoms with Crippen LogP contribution in [0.2, 0.25) is 0 Å². The van der Waals surface area contributed by atoms with Crippen LogP contribution >= 0.6 is 0 Å². The number of likely N-dealkylation sites (tertiary alicyclic amines) is 1. The average molecular weight is 376 g/mol. The van der Waals surface area contributed by atoms with E-state index in [9.17, 15) is 9.59 Å². The Hall–Kier alpha value is -2.08. The smallest absolute Gasteiger partial charge is 0.410 e. The van der Waals surface area contributed by atoms with Crippen LogP contribution < -0.4 is 0 Å². The highest BCUT2D eigenvalue weighted by atomic mass is 16.6. The fourth-order valence-electron chi connectivity index (χ4n) is 3.23. The van der Waals surface area contributed by atoms with Gasteiger partial charge in [0, 0.05) is 40.8 Å². The summed E-state index contributed by atoms with van der Waals surface area (Å²) in [5.74, 6) is 0.333. The minimum Gasteiger partial charge on any atom is -0.444 e. The second-order valence-corrected chi connectivity index (χ2v) is 8.61. The van der Waals surface area contributed by atoms with Gasteiger partial charge in [-0.1, -0.05) is 24.3 Å². The van der Waals surface area contributed by atoms with Gasteiger partial charge < -0.3 is 14.5 Å². The van der Waals surface area contributed by atoms with Crippen LogP contribution in [0.1, 0.15) is 38.3 Å². The summed E-state index contributed by atoms with van der Waals surface area (Å²) < 4.78 is 5.38. The van der Waals surface area contributed by atoms with Crippen molar-refractivity contribution in [3.63, 3.8) is 0 Å². The van der Waals surface area contributed by atoms with E-state index >= 15 is 0 Å². The minimum atomic E-state index is -0.489. The van der Waals surface area contributed by atoms with Gasteiger partial charge in [0.1, 0.15) is 5.60 Å². The molecule has 0 aromatic heterocycles. The van der Waals surface area contributed by atoms with Crippen molar-refractivity contribution in [3.05, 3.63) is 35.4 Å². The molecular formula is C21H33N3O3. The molecule has 2 amide bonds. The Morgan fingerprint density at radius 1 is 1.11 bits per heavy atom. The fraction of sp³-hybridized carbons (Fsp3) is 0.619. The first-order chi connectivity index (χ1) is 12.5. The third kappa shape index (κ3) is 6.54. The summed E-state index contributed by atoms with van der Waals surface area (Å²) in [6, 6.07) is 8.29. The molecule has 1 aromatic rings. The molecular weight excluding hydrogens is 342 g/mol. The van der Waals surface area contributed by atoms with Crippen molar-refractivity contribution in [3.8, 4) is 0 Å². The molecule has 0 spiro atoms. The molecule has 2 rings (SSSR count). The highest BCUT2D eigenvalue weighted by Gasteiger charge is 2.29. The molecule has 150 valence electrons. The van der Waals surface area contributed by atoms with E-state index in [1.54, 1.807) is 16.8 Å². The number of hydrogen-bond donors (Lipinski definition) is 0. The summed E-state index contributed by atoms with van der Waals surface area (Å²) in [5.41, 5.74) is 1.79. The van der Waals surface area contributed by atoms with Gasteiger partial charge in [0.15, 0.2) is 0 Å². The Morgan fingerprint density at radius 3 is 2.26 bits per heavy atom. The first-order valence-electron chi connectivity index (χ1n) is 9.50. The van der Waals surface area contributed by atoms with Crippen LogP contribution in [-0.2, 0) is 22.6 Å². The molecule has 1 atom stereocenters. The number of carbonyl (C=O) groups excluding carboxylic acids is 2. The maximum Gasteiger partial charge on any atom is 0.410 e. The van der Waals surface area contributed by atoms with Gasteiger partial charge in [-0.05, 0) is 44.9 Å². The van der Waals surface area contributed by atoms with Crippen LogP contribution in [0, 0.1) is 5.92 Å². The Balaban J connectivity index is 1.85. The van der Waals surface area contributed by atoms with Gasteiger partial charge in [0.25, 0.3) is 0 Å². The molecule has 1 saturated heterocycles. The van der Waals surface area contributed by atoms with Crippen LogP contribution in [0.5, 0.6) is 0 Å². The van der Waals surface area contributed by atoms with E-state index < -0.39 is 5.60 Å². The third-order valence-corrected chi connectivity index (χ3v) is 4.62. The van der Waals surface area contributed by atoms with E-state index in [4.69, 9.17) is 4.74 Å². The zero-order valence-electron chi connectivity index (χ0n) is 17.5. The van der Waals surface area contributed by atoms with Crippen molar-refractivity contribution in [1.29, 1.82) is 0 Å². The van der Waals surface area contributed by atoms with Gasteiger partial charge in [-0.2, -0.15) is 0 Å². The summed E-state index contributed by atoms with van der Waals surface area (Å²) >= 11 is 0. The second-order valence-electron chi connectivity index (χ2n) is 8.61. The van der Waals surface area contributed by atoms with E-state index in [-0.39, 0.29) is 17.9 Å². The van der Waals surface area contributed by atoms with Crippen molar-refractivity contribution >= 4 is 12.0 Å². The molecule has 27 heavy (non-hydrogen) atoms. The molecule has 0 radical (unpaired) electrons. The first-order valence-corrected chi connectivity index (χ1v) is 9.50. The van der Waals surface area contributed by atoms with Crippen molar-refractivity contribution in [2.75, 3.05) is 34.2 Å². The molecule has 0 saturated carbocycles. The van der Waals surface area contributed by atoms with Gasteiger partial charge in [-0.3, -0.25) is 9.69 Å². The van der Waals surface area contributed by atoms with E-state index in [1.165, 1.54) is 5.56 Å². The van der Waals surface area contributed by atoms with Gasteiger partial charge in [0.2, 0.25) is 5.91 Å². The molecule has 6 heteroatoms. The molecule has 0 aliphatic carbocycles. The monoisotopic (exact) mass is 375 g/mol. The van der Waals surface area contributed by atoms with E-state index in [2.05, 4.69) is 29.2 Å². The summed E-state index contributed by atoms with van der Waals surface area (Å²) in [6.07, 6.45) is 0.607. The molecule has 1 aromatic carbocycles. The summed E-state index contributed by atoms with van der Waals surface area (Å²) in [5, 5.41) is 0. The van der Waals surface area contributed by atoms with Gasteiger partial charge >= 0.3 is 6.09 Å². The molecule has 1 heterocycles. The van der Waals surface area contributed by atoms with Crippen molar-refractivity contribution in [1.82, 2.24) is 14.7 Å². The molecule has 0 unspecified atom stereocenters. The topological polar surface area (TPSA) is 53.1 Å². The lowest BCUT2D eigenvalue weighted by Gasteiger charge is -2.24. The number of ether oxygens (including phenoxy) is 1. The third-order valence-electron chi connectivity index (χ3n) is 4.62. The molecule has 1 aliphatic rings. The average Bonchev–Trinajstić information content (AvgIpc) is 3.02. The van der Waals surface area contributed by atoms with Gasteiger partial charge in [-0.25, -0.2) is 4.79 Å². The number of rotatable bonds is 5. The predicted octanol–water partition coefficient (Wildman–Crippen LogP) is 2.96. The molecule has 6 nitrogen and oxygen atoms in total. The summed E-state index contributed by atoms with van der Waals surface area (Å²) in [6.45, 7) is 8.72. The lowest BCUT2D eigenvalue weighted by atomic mass is 10.1. The fourth-order valence-corrected chi connectivity index (χ4v) is 3.23. The lowest BCUT2D eigenvalue weighted by Crippen LogP contribution is -2.33. The van der Waals surface area contributed by atoms with Crippen LogP contribution in [0.15, 0.2) is 24.3 Å². The number of hydrogen-bond acceptors (Lipinski definition) is 4. The molecule has 0 N–H and O–H groups in total. The summed E-state index contributed by atoms with van der Waals surface area (Å²) in [4.78, 5) is 29.7. The highest BCUT2D eigenvalue weighted by Crippen LogP contribution is 2.20. The SMILES string of the molecule is CN(C)C(=O)[C@@H]1CCN(Cc2ccc(CN(C)C(=O)OC(C)(C)C)cc2)C1. The Bertz CT molecular complexity index is 650. The van der Waals surface area contributed by atoms with Gasteiger partial charge in [-0.15, -0.1) is 0 Å². The van der Waals surface area contributed by atoms with E-state index in [0.717, 1.165) is 31.6 Å². The van der Waals surface area contributed by atoms with Crippen LogP contribution in [0.3, 0.4) is 0 Å².